The SMILES string of the molecule is NCC(=O)N1CCC(OC2CCCC2)CC1. The van der Waals surface area contributed by atoms with Crippen LogP contribution in [0.15, 0.2) is 0 Å². The normalized spacial score (nSPS) is 23.9. The number of piperidine rings is 1. The number of amides is 1. The number of nitrogens with zero attached hydrogens (tertiary/aromatic N) is 1. The maximum atomic E-state index is 11.4. The van der Waals surface area contributed by atoms with Gasteiger partial charge in [0.15, 0.2) is 0 Å². The highest BCUT2D eigenvalue weighted by Crippen LogP contribution is 2.25. The first-order chi connectivity index (χ1) is 7.79. The zero-order valence-corrected chi connectivity index (χ0v) is 9.86. The standard InChI is InChI=1S/C12H22N2O2/c13-9-12(15)14-7-5-11(6-8-14)16-10-3-1-2-4-10/h10-11H,1-9,13H2. The molecule has 1 aliphatic heterocycles. The van der Waals surface area contributed by atoms with Crippen LogP contribution in [-0.4, -0.2) is 42.6 Å². The van der Waals surface area contributed by atoms with Gasteiger partial charge in [0, 0.05) is 13.1 Å². The summed E-state index contributed by atoms with van der Waals surface area (Å²) >= 11 is 0. The fourth-order valence-corrected chi connectivity index (χ4v) is 2.67. The molecule has 1 aliphatic carbocycles. The van der Waals surface area contributed by atoms with Crippen molar-refractivity contribution in [2.75, 3.05) is 19.6 Å². The van der Waals surface area contributed by atoms with E-state index in [2.05, 4.69) is 0 Å². The highest BCUT2D eigenvalue weighted by Gasteiger charge is 2.25. The van der Waals surface area contributed by atoms with Gasteiger partial charge in [0.25, 0.3) is 0 Å². The van der Waals surface area contributed by atoms with Crippen LogP contribution >= 0.6 is 0 Å². The molecule has 0 aromatic heterocycles. The van der Waals surface area contributed by atoms with Crippen molar-refractivity contribution >= 4 is 5.91 Å². The van der Waals surface area contributed by atoms with Crippen molar-refractivity contribution in [2.45, 2.75) is 50.7 Å². The van der Waals surface area contributed by atoms with Gasteiger partial charge in [-0.05, 0) is 25.7 Å². The van der Waals surface area contributed by atoms with Crippen molar-refractivity contribution in [3.63, 3.8) is 0 Å². The fourth-order valence-electron chi connectivity index (χ4n) is 2.67. The molecular formula is C12H22N2O2. The van der Waals surface area contributed by atoms with Gasteiger partial charge in [-0.3, -0.25) is 4.79 Å². The van der Waals surface area contributed by atoms with Gasteiger partial charge in [-0.2, -0.15) is 0 Å². The van der Waals surface area contributed by atoms with Gasteiger partial charge < -0.3 is 15.4 Å². The third-order valence-electron chi connectivity index (χ3n) is 3.66. The molecule has 0 unspecified atom stereocenters. The molecule has 1 saturated carbocycles. The van der Waals surface area contributed by atoms with Gasteiger partial charge in [-0.25, -0.2) is 0 Å². The Morgan fingerprint density at radius 1 is 1.12 bits per heavy atom. The lowest BCUT2D eigenvalue weighted by atomic mass is 10.1. The van der Waals surface area contributed by atoms with Crippen molar-refractivity contribution < 1.29 is 9.53 Å². The van der Waals surface area contributed by atoms with Crippen molar-refractivity contribution in [2.24, 2.45) is 5.73 Å². The van der Waals surface area contributed by atoms with E-state index in [1.165, 1.54) is 25.7 Å². The molecule has 0 radical (unpaired) electrons. The molecule has 2 rings (SSSR count). The van der Waals surface area contributed by atoms with Gasteiger partial charge in [-0.1, -0.05) is 12.8 Å². The monoisotopic (exact) mass is 226 g/mol. The van der Waals surface area contributed by atoms with Crippen LogP contribution in [0.25, 0.3) is 0 Å². The number of nitrogens with two attached hydrogens (primary N) is 1. The van der Waals surface area contributed by atoms with E-state index in [9.17, 15) is 4.79 Å². The highest BCUT2D eigenvalue weighted by molar-refractivity contribution is 5.78. The Hall–Kier alpha value is -0.610. The molecule has 0 aromatic carbocycles. The number of likely N-dealkylation sites (tertiary alicyclic amines) is 1. The molecule has 2 N–H and O–H groups in total. The first-order valence-electron chi connectivity index (χ1n) is 6.43. The van der Waals surface area contributed by atoms with Gasteiger partial charge in [-0.15, -0.1) is 0 Å². The van der Waals surface area contributed by atoms with Crippen molar-refractivity contribution in [1.29, 1.82) is 0 Å². The fraction of sp³-hybridized carbons (Fsp3) is 0.917. The molecule has 0 aromatic rings. The summed E-state index contributed by atoms with van der Waals surface area (Å²) in [6, 6.07) is 0. The van der Waals surface area contributed by atoms with Crippen LogP contribution in [0, 0.1) is 0 Å². The molecule has 2 aliphatic rings. The number of hydrogen-bond donors (Lipinski definition) is 1. The molecule has 0 bridgehead atoms. The summed E-state index contributed by atoms with van der Waals surface area (Å²) in [6.07, 6.45) is 7.88. The number of carbonyl (C=O) groups is 1. The van der Waals surface area contributed by atoms with E-state index in [0.717, 1.165) is 25.9 Å². The quantitative estimate of drug-likeness (QED) is 0.777. The molecule has 0 atom stereocenters. The molecule has 1 amide bonds. The van der Waals surface area contributed by atoms with Crippen LogP contribution in [0.2, 0.25) is 0 Å². The molecule has 1 heterocycles. The predicted octanol–water partition coefficient (Wildman–Crippen LogP) is 0.895. The number of hydrogen-bond acceptors (Lipinski definition) is 3. The first kappa shape index (κ1) is 11.9. The molecular weight excluding hydrogens is 204 g/mol. The highest BCUT2D eigenvalue weighted by atomic mass is 16.5. The predicted molar refractivity (Wildman–Crippen MR) is 62.0 cm³/mol. The number of ether oxygens (including phenoxy) is 1. The summed E-state index contributed by atoms with van der Waals surface area (Å²) in [4.78, 5) is 13.2. The Labute approximate surface area is 97.1 Å². The molecule has 4 heteroatoms. The van der Waals surface area contributed by atoms with E-state index in [1.807, 2.05) is 4.90 Å². The zero-order valence-electron chi connectivity index (χ0n) is 9.86. The number of carbonyl (C=O) groups excluding carboxylic acids is 1. The molecule has 2 fully saturated rings. The van der Waals surface area contributed by atoms with E-state index in [-0.39, 0.29) is 12.5 Å². The molecule has 1 saturated heterocycles. The van der Waals surface area contributed by atoms with Gasteiger partial charge in [0.1, 0.15) is 0 Å². The topological polar surface area (TPSA) is 55.6 Å². The third-order valence-corrected chi connectivity index (χ3v) is 3.66. The third kappa shape index (κ3) is 2.95. The Balaban J connectivity index is 1.70. The summed E-state index contributed by atoms with van der Waals surface area (Å²) < 4.78 is 6.04. The Morgan fingerprint density at radius 2 is 1.69 bits per heavy atom. The van der Waals surface area contributed by atoms with Gasteiger partial charge in [0.2, 0.25) is 5.91 Å². The minimum atomic E-state index is 0.0688. The van der Waals surface area contributed by atoms with Crippen LogP contribution < -0.4 is 5.73 Å². The molecule has 4 nitrogen and oxygen atoms in total. The van der Waals surface area contributed by atoms with Crippen LogP contribution in [0.1, 0.15) is 38.5 Å². The van der Waals surface area contributed by atoms with Crippen LogP contribution in [0.5, 0.6) is 0 Å². The lowest BCUT2D eigenvalue weighted by molar-refractivity contribution is -0.133. The van der Waals surface area contributed by atoms with Crippen LogP contribution in [0.4, 0.5) is 0 Å². The number of rotatable bonds is 3. The minimum absolute atomic E-state index is 0.0688. The molecule has 92 valence electrons. The van der Waals surface area contributed by atoms with Gasteiger partial charge in [0.05, 0.1) is 18.8 Å². The minimum Gasteiger partial charge on any atom is -0.375 e. The molecule has 0 spiro atoms. The average Bonchev–Trinajstić information content (AvgIpc) is 2.82. The zero-order chi connectivity index (χ0) is 11.4. The molecule has 16 heavy (non-hydrogen) atoms. The smallest absolute Gasteiger partial charge is 0.236 e. The lowest BCUT2D eigenvalue weighted by Gasteiger charge is -2.33. The Kier molecular flexibility index (Phi) is 4.18. The summed E-state index contributed by atoms with van der Waals surface area (Å²) in [5, 5.41) is 0. The summed E-state index contributed by atoms with van der Waals surface area (Å²) in [6.45, 7) is 1.76. The lowest BCUT2D eigenvalue weighted by Crippen LogP contribution is -2.44. The largest absolute Gasteiger partial charge is 0.375 e. The summed E-state index contributed by atoms with van der Waals surface area (Å²) in [5.74, 6) is 0.0688. The van der Waals surface area contributed by atoms with Gasteiger partial charge >= 0.3 is 0 Å². The summed E-state index contributed by atoms with van der Waals surface area (Å²) in [7, 11) is 0. The summed E-state index contributed by atoms with van der Waals surface area (Å²) in [5.41, 5.74) is 5.35. The first-order valence-corrected chi connectivity index (χ1v) is 6.43. The average molecular weight is 226 g/mol. The van der Waals surface area contributed by atoms with E-state index in [0.29, 0.717) is 12.2 Å². The Morgan fingerprint density at radius 3 is 2.25 bits per heavy atom. The van der Waals surface area contributed by atoms with Crippen molar-refractivity contribution in [1.82, 2.24) is 4.90 Å². The van der Waals surface area contributed by atoms with E-state index in [4.69, 9.17) is 10.5 Å². The van der Waals surface area contributed by atoms with Crippen molar-refractivity contribution in [3.8, 4) is 0 Å². The van der Waals surface area contributed by atoms with E-state index in [1.54, 1.807) is 0 Å². The maximum absolute atomic E-state index is 11.4. The van der Waals surface area contributed by atoms with E-state index < -0.39 is 0 Å². The second kappa shape index (κ2) is 5.64. The van der Waals surface area contributed by atoms with Crippen LogP contribution in [-0.2, 0) is 9.53 Å². The maximum Gasteiger partial charge on any atom is 0.236 e. The second-order valence-corrected chi connectivity index (χ2v) is 4.83. The Bertz CT molecular complexity index is 231. The second-order valence-electron chi connectivity index (χ2n) is 4.83. The van der Waals surface area contributed by atoms with Crippen molar-refractivity contribution in [3.05, 3.63) is 0 Å². The van der Waals surface area contributed by atoms with Crippen LogP contribution in [0.3, 0.4) is 0 Å². The van der Waals surface area contributed by atoms with E-state index >= 15 is 0 Å².